The second kappa shape index (κ2) is 4.35. The van der Waals surface area contributed by atoms with Crippen LogP contribution in [0, 0.1) is 0 Å². The van der Waals surface area contributed by atoms with E-state index in [9.17, 15) is 4.79 Å². The molecule has 0 aliphatic carbocycles. The number of aromatic amines is 1. The molecule has 2 aromatic rings. The third-order valence-corrected chi connectivity index (χ3v) is 3.31. The first kappa shape index (κ1) is 11.5. The van der Waals surface area contributed by atoms with Crippen LogP contribution in [0.2, 0.25) is 0 Å². The quantitative estimate of drug-likeness (QED) is 0.675. The van der Waals surface area contributed by atoms with E-state index in [0.717, 1.165) is 11.3 Å². The lowest BCUT2D eigenvalue weighted by Gasteiger charge is -2.18. The van der Waals surface area contributed by atoms with Crippen LogP contribution in [0.25, 0.3) is 11.3 Å². The summed E-state index contributed by atoms with van der Waals surface area (Å²) in [4.78, 5) is 11.8. The van der Waals surface area contributed by atoms with E-state index < -0.39 is 0 Å². The van der Waals surface area contributed by atoms with E-state index in [-0.39, 0.29) is 11.9 Å². The fourth-order valence-electron chi connectivity index (χ4n) is 2.17. The summed E-state index contributed by atoms with van der Waals surface area (Å²) in [5.41, 5.74) is 2.05. The molecular formula is C14H12N2O4. The lowest BCUT2D eigenvalue weighted by Crippen LogP contribution is -2.15. The summed E-state index contributed by atoms with van der Waals surface area (Å²) in [6, 6.07) is 7.34. The highest BCUT2D eigenvalue weighted by atomic mass is 16.6. The van der Waals surface area contributed by atoms with Crippen LogP contribution in [-0.4, -0.2) is 41.9 Å². The number of aromatic nitrogens is 2. The first-order valence-electron chi connectivity index (χ1n) is 6.42. The molecule has 0 spiro atoms. The molecular weight excluding hydrogens is 260 g/mol. The van der Waals surface area contributed by atoms with Crippen molar-refractivity contribution < 1.29 is 19.0 Å². The summed E-state index contributed by atoms with van der Waals surface area (Å²) < 4.78 is 16.0. The van der Waals surface area contributed by atoms with E-state index in [4.69, 9.17) is 14.2 Å². The van der Waals surface area contributed by atoms with Gasteiger partial charge in [-0.15, -0.1) is 0 Å². The molecule has 1 unspecified atom stereocenters. The summed E-state index contributed by atoms with van der Waals surface area (Å²) in [7, 11) is 0. The van der Waals surface area contributed by atoms with E-state index in [2.05, 4.69) is 10.2 Å². The maximum atomic E-state index is 11.8. The first-order chi connectivity index (χ1) is 9.81. The number of nitrogens with zero attached hydrogens (tertiary/aromatic N) is 1. The Hall–Kier alpha value is -2.34. The molecule has 3 heterocycles. The molecule has 20 heavy (non-hydrogen) atoms. The van der Waals surface area contributed by atoms with Gasteiger partial charge in [0.15, 0.2) is 11.5 Å². The number of carbonyl (C=O) groups is 1. The van der Waals surface area contributed by atoms with Gasteiger partial charge in [0.2, 0.25) is 5.78 Å². The van der Waals surface area contributed by atoms with Gasteiger partial charge in [0.1, 0.15) is 25.0 Å². The zero-order chi connectivity index (χ0) is 13.5. The molecule has 1 aromatic heterocycles. The Morgan fingerprint density at radius 2 is 2.00 bits per heavy atom. The van der Waals surface area contributed by atoms with Gasteiger partial charge >= 0.3 is 0 Å². The number of hydrogen-bond donors (Lipinski definition) is 1. The lowest BCUT2D eigenvalue weighted by atomic mass is 10.1. The molecule has 6 heteroatoms. The van der Waals surface area contributed by atoms with Crippen molar-refractivity contribution in [2.45, 2.75) is 6.10 Å². The van der Waals surface area contributed by atoms with Gasteiger partial charge in [-0.1, -0.05) is 0 Å². The second-order valence-electron chi connectivity index (χ2n) is 4.71. The zero-order valence-electron chi connectivity index (χ0n) is 10.6. The molecule has 2 aliphatic heterocycles. The number of benzene rings is 1. The molecule has 2 aliphatic rings. The molecule has 0 radical (unpaired) electrons. The summed E-state index contributed by atoms with van der Waals surface area (Å²) in [5.74, 6) is 1.38. The van der Waals surface area contributed by atoms with Crippen molar-refractivity contribution in [2.24, 2.45) is 0 Å². The fraction of sp³-hybridized carbons (Fsp3) is 0.286. The van der Waals surface area contributed by atoms with Gasteiger partial charge in [0, 0.05) is 5.56 Å². The Morgan fingerprint density at radius 1 is 1.20 bits per heavy atom. The van der Waals surface area contributed by atoms with Gasteiger partial charge in [-0.2, -0.15) is 5.10 Å². The van der Waals surface area contributed by atoms with Crippen molar-refractivity contribution in [1.29, 1.82) is 0 Å². The van der Waals surface area contributed by atoms with E-state index in [1.165, 1.54) is 0 Å². The molecule has 1 aromatic carbocycles. The SMILES string of the molecule is O=C(c1cc(-c2ccc3c(c2)OCCO3)n[nH]1)C1CO1. The average molecular weight is 272 g/mol. The van der Waals surface area contributed by atoms with Crippen LogP contribution in [-0.2, 0) is 4.74 Å². The molecule has 1 atom stereocenters. The predicted octanol–water partition coefficient (Wildman–Crippen LogP) is 1.43. The molecule has 1 fully saturated rings. The minimum absolute atomic E-state index is 0.0544. The van der Waals surface area contributed by atoms with Crippen molar-refractivity contribution in [2.75, 3.05) is 19.8 Å². The Balaban J connectivity index is 1.65. The smallest absolute Gasteiger partial charge is 0.211 e. The number of carbonyl (C=O) groups excluding carboxylic acids is 1. The minimum atomic E-state index is -0.302. The van der Waals surface area contributed by atoms with Gasteiger partial charge in [0.25, 0.3) is 0 Å². The van der Waals surface area contributed by atoms with Crippen LogP contribution >= 0.6 is 0 Å². The average Bonchev–Trinajstić information content (AvgIpc) is 3.23. The molecule has 102 valence electrons. The Bertz CT molecular complexity index is 676. The highest BCUT2D eigenvalue weighted by Gasteiger charge is 2.33. The van der Waals surface area contributed by atoms with Gasteiger partial charge < -0.3 is 14.2 Å². The van der Waals surface area contributed by atoms with Crippen LogP contribution in [0.3, 0.4) is 0 Å². The number of ether oxygens (including phenoxy) is 3. The van der Waals surface area contributed by atoms with Crippen LogP contribution < -0.4 is 9.47 Å². The van der Waals surface area contributed by atoms with E-state index in [0.29, 0.717) is 37.0 Å². The topological polar surface area (TPSA) is 76.7 Å². The van der Waals surface area contributed by atoms with Crippen LogP contribution in [0.1, 0.15) is 10.5 Å². The van der Waals surface area contributed by atoms with Crippen LogP contribution in [0.15, 0.2) is 24.3 Å². The van der Waals surface area contributed by atoms with Crippen molar-refractivity contribution >= 4 is 5.78 Å². The molecule has 4 rings (SSSR count). The highest BCUT2D eigenvalue weighted by Crippen LogP contribution is 2.34. The van der Waals surface area contributed by atoms with Crippen molar-refractivity contribution in [3.05, 3.63) is 30.0 Å². The molecule has 1 N–H and O–H groups in total. The number of H-pyrrole nitrogens is 1. The summed E-state index contributed by atoms with van der Waals surface area (Å²) in [5, 5.41) is 6.92. The Morgan fingerprint density at radius 3 is 2.80 bits per heavy atom. The molecule has 0 bridgehead atoms. The summed E-state index contributed by atoms with van der Waals surface area (Å²) in [6.07, 6.45) is -0.302. The summed E-state index contributed by atoms with van der Waals surface area (Å²) >= 11 is 0. The number of rotatable bonds is 3. The minimum Gasteiger partial charge on any atom is -0.486 e. The third kappa shape index (κ3) is 1.94. The predicted molar refractivity (Wildman–Crippen MR) is 69.1 cm³/mol. The van der Waals surface area contributed by atoms with Gasteiger partial charge in [-0.25, -0.2) is 0 Å². The van der Waals surface area contributed by atoms with Crippen LogP contribution in [0.5, 0.6) is 11.5 Å². The molecule has 0 saturated carbocycles. The van der Waals surface area contributed by atoms with Gasteiger partial charge in [-0.05, 0) is 24.3 Å². The summed E-state index contributed by atoms with van der Waals surface area (Å²) in [6.45, 7) is 1.60. The number of hydrogen-bond acceptors (Lipinski definition) is 5. The normalized spacial score (nSPS) is 19.7. The molecule has 6 nitrogen and oxygen atoms in total. The van der Waals surface area contributed by atoms with Gasteiger partial charge in [-0.3, -0.25) is 9.89 Å². The van der Waals surface area contributed by atoms with Gasteiger partial charge in [0.05, 0.1) is 12.3 Å². The number of fused-ring (bicyclic) bond motifs is 1. The number of Topliss-reactive ketones (excluding diaryl/α,β-unsaturated/α-hetero) is 1. The van der Waals surface area contributed by atoms with Crippen molar-refractivity contribution in [3.8, 4) is 22.8 Å². The molecule has 0 amide bonds. The monoisotopic (exact) mass is 272 g/mol. The van der Waals surface area contributed by atoms with E-state index >= 15 is 0 Å². The van der Waals surface area contributed by atoms with Crippen molar-refractivity contribution in [1.82, 2.24) is 10.2 Å². The zero-order valence-corrected chi connectivity index (χ0v) is 10.6. The third-order valence-electron chi connectivity index (χ3n) is 3.31. The van der Waals surface area contributed by atoms with E-state index in [1.807, 2.05) is 18.2 Å². The lowest BCUT2D eigenvalue weighted by molar-refractivity contribution is 0.0949. The largest absolute Gasteiger partial charge is 0.486 e. The number of ketones is 1. The van der Waals surface area contributed by atoms with Crippen molar-refractivity contribution in [3.63, 3.8) is 0 Å². The van der Waals surface area contributed by atoms with Crippen LogP contribution in [0.4, 0.5) is 0 Å². The number of epoxide rings is 1. The fourth-order valence-corrected chi connectivity index (χ4v) is 2.17. The second-order valence-corrected chi connectivity index (χ2v) is 4.71. The highest BCUT2D eigenvalue weighted by molar-refractivity contribution is 6.00. The standard InChI is InChI=1S/C14H12N2O4/c17-14(13-7-20-13)10-6-9(15-16-10)8-1-2-11-12(5-8)19-4-3-18-11/h1-2,5-6,13H,3-4,7H2,(H,15,16). The maximum absolute atomic E-state index is 11.8. The Labute approximate surface area is 114 Å². The first-order valence-corrected chi connectivity index (χ1v) is 6.42. The molecule has 1 saturated heterocycles. The maximum Gasteiger partial charge on any atom is 0.211 e. The van der Waals surface area contributed by atoms with E-state index in [1.54, 1.807) is 6.07 Å². The number of nitrogens with one attached hydrogen (secondary N) is 1. The Kier molecular flexibility index (Phi) is 2.50.